The van der Waals surface area contributed by atoms with E-state index in [1.165, 1.54) is 12.1 Å². The highest BCUT2D eigenvalue weighted by atomic mass is 19.4. The highest BCUT2D eigenvalue weighted by Crippen LogP contribution is 2.30. The third-order valence-electron chi connectivity index (χ3n) is 3.93. The van der Waals surface area contributed by atoms with Gasteiger partial charge in [0.1, 0.15) is 5.75 Å². The van der Waals surface area contributed by atoms with Gasteiger partial charge in [0.05, 0.1) is 5.56 Å². The predicted octanol–water partition coefficient (Wildman–Crippen LogP) is 3.78. The number of ether oxygens (including phenoxy) is 1. The Morgan fingerprint density at radius 2 is 1.77 bits per heavy atom. The van der Waals surface area contributed by atoms with Crippen LogP contribution in [0.2, 0.25) is 0 Å². The number of hydrogen-bond donors (Lipinski definition) is 1. The topological polar surface area (TPSA) is 38.3 Å². The minimum absolute atomic E-state index is 0.180. The van der Waals surface area contributed by atoms with Crippen LogP contribution in [0.5, 0.6) is 5.75 Å². The van der Waals surface area contributed by atoms with Gasteiger partial charge in [0.2, 0.25) is 0 Å². The van der Waals surface area contributed by atoms with Crippen molar-refractivity contribution in [2.75, 3.05) is 6.61 Å². The summed E-state index contributed by atoms with van der Waals surface area (Å²) in [5, 5.41) is 2.90. The van der Waals surface area contributed by atoms with Crippen molar-refractivity contribution in [2.45, 2.75) is 44.8 Å². The van der Waals surface area contributed by atoms with Crippen LogP contribution in [0.25, 0.3) is 0 Å². The molecule has 1 aromatic carbocycles. The van der Waals surface area contributed by atoms with Crippen LogP contribution in [0, 0.1) is 5.92 Å². The zero-order valence-electron chi connectivity index (χ0n) is 12.5. The van der Waals surface area contributed by atoms with E-state index in [4.69, 9.17) is 4.74 Å². The molecule has 1 aliphatic rings. The van der Waals surface area contributed by atoms with E-state index in [0.717, 1.165) is 37.8 Å². The van der Waals surface area contributed by atoms with Crippen LogP contribution >= 0.6 is 0 Å². The van der Waals surface area contributed by atoms with Crippen molar-refractivity contribution in [3.05, 3.63) is 29.8 Å². The molecule has 0 bridgehead atoms. The lowest BCUT2D eigenvalue weighted by Crippen LogP contribution is -2.39. The molecule has 1 aromatic rings. The average molecular weight is 315 g/mol. The Balaban J connectivity index is 1.76. The van der Waals surface area contributed by atoms with Crippen LogP contribution in [0.3, 0.4) is 0 Å². The minimum Gasteiger partial charge on any atom is -0.484 e. The van der Waals surface area contributed by atoms with Gasteiger partial charge in [-0.05, 0) is 55.9 Å². The van der Waals surface area contributed by atoms with Crippen LogP contribution in [0.1, 0.15) is 38.2 Å². The third-order valence-corrected chi connectivity index (χ3v) is 3.93. The number of carbonyl (C=O) groups excluding carboxylic acids is 1. The fourth-order valence-corrected chi connectivity index (χ4v) is 2.56. The van der Waals surface area contributed by atoms with Gasteiger partial charge in [0.15, 0.2) is 6.61 Å². The molecule has 1 N–H and O–H groups in total. The van der Waals surface area contributed by atoms with E-state index in [9.17, 15) is 18.0 Å². The van der Waals surface area contributed by atoms with Gasteiger partial charge >= 0.3 is 6.18 Å². The first-order chi connectivity index (χ1) is 10.3. The van der Waals surface area contributed by atoms with Crippen molar-refractivity contribution in [3.63, 3.8) is 0 Å². The smallest absolute Gasteiger partial charge is 0.416 e. The molecule has 0 spiro atoms. The van der Waals surface area contributed by atoms with Crippen molar-refractivity contribution in [1.82, 2.24) is 5.32 Å². The van der Waals surface area contributed by atoms with Gasteiger partial charge < -0.3 is 10.1 Å². The molecule has 2 rings (SSSR count). The molecule has 3 nitrogen and oxygen atoms in total. The summed E-state index contributed by atoms with van der Waals surface area (Å²) >= 11 is 0. The molecule has 1 aliphatic carbocycles. The zero-order valence-corrected chi connectivity index (χ0v) is 12.5. The van der Waals surface area contributed by atoms with Gasteiger partial charge in [-0.2, -0.15) is 13.2 Å². The number of rotatable bonds is 4. The Hall–Kier alpha value is -1.72. The molecule has 1 amide bonds. The SMILES string of the molecule is CC1CCC(NC(=O)COc2ccc(C(F)(F)F)cc2)CC1. The first-order valence-corrected chi connectivity index (χ1v) is 7.44. The van der Waals surface area contributed by atoms with E-state index in [1.54, 1.807) is 0 Å². The lowest BCUT2D eigenvalue weighted by Gasteiger charge is -2.26. The fraction of sp³-hybridized carbons (Fsp3) is 0.562. The second kappa shape index (κ2) is 7.03. The van der Waals surface area contributed by atoms with Gasteiger partial charge in [-0.1, -0.05) is 6.92 Å². The van der Waals surface area contributed by atoms with Crippen LogP contribution in [0.4, 0.5) is 13.2 Å². The van der Waals surface area contributed by atoms with E-state index in [2.05, 4.69) is 12.2 Å². The van der Waals surface area contributed by atoms with E-state index < -0.39 is 11.7 Å². The molecule has 0 radical (unpaired) electrons. The second-order valence-corrected chi connectivity index (χ2v) is 5.84. The molecule has 6 heteroatoms. The molecule has 0 aliphatic heterocycles. The zero-order chi connectivity index (χ0) is 16.2. The molecular weight excluding hydrogens is 295 g/mol. The largest absolute Gasteiger partial charge is 0.484 e. The molecular formula is C16H20F3NO2. The lowest BCUT2D eigenvalue weighted by atomic mass is 9.87. The molecule has 1 saturated carbocycles. The first kappa shape index (κ1) is 16.6. The van der Waals surface area contributed by atoms with E-state index in [-0.39, 0.29) is 24.3 Å². The van der Waals surface area contributed by atoms with Crippen molar-refractivity contribution in [2.24, 2.45) is 5.92 Å². The van der Waals surface area contributed by atoms with E-state index in [1.807, 2.05) is 0 Å². The van der Waals surface area contributed by atoms with Crippen molar-refractivity contribution >= 4 is 5.91 Å². The van der Waals surface area contributed by atoms with E-state index >= 15 is 0 Å². The average Bonchev–Trinajstić information content (AvgIpc) is 2.47. The molecule has 0 heterocycles. The molecule has 22 heavy (non-hydrogen) atoms. The van der Waals surface area contributed by atoms with Crippen LogP contribution in [-0.2, 0) is 11.0 Å². The number of hydrogen-bond acceptors (Lipinski definition) is 2. The summed E-state index contributed by atoms with van der Waals surface area (Å²) in [5.74, 6) is 0.719. The van der Waals surface area contributed by atoms with Gasteiger partial charge in [-0.3, -0.25) is 4.79 Å². The Labute approximate surface area is 127 Å². The Bertz CT molecular complexity index is 491. The summed E-state index contributed by atoms with van der Waals surface area (Å²) < 4.78 is 42.5. The standard InChI is InChI=1S/C16H20F3NO2/c1-11-2-6-13(7-3-11)20-15(21)10-22-14-8-4-12(5-9-14)16(17,18)19/h4-5,8-9,11,13H,2-3,6-7,10H2,1H3,(H,20,21). The summed E-state index contributed by atoms with van der Waals surface area (Å²) in [4.78, 5) is 11.8. The molecule has 122 valence electrons. The van der Waals surface area contributed by atoms with Crippen molar-refractivity contribution in [3.8, 4) is 5.75 Å². The summed E-state index contributed by atoms with van der Waals surface area (Å²) in [6.07, 6.45) is -0.232. The maximum atomic E-state index is 12.4. The van der Waals surface area contributed by atoms with Crippen LogP contribution in [0.15, 0.2) is 24.3 Å². The van der Waals surface area contributed by atoms with Gasteiger partial charge in [-0.15, -0.1) is 0 Å². The number of carbonyl (C=O) groups is 1. The molecule has 0 atom stereocenters. The quantitative estimate of drug-likeness (QED) is 0.918. The highest BCUT2D eigenvalue weighted by Gasteiger charge is 2.30. The lowest BCUT2D eigenvalue weighted by molar-refractivity contribution is -0.137. The number of benzene rings is 1. The summed E-state index contributed by atoms with van der Waals surface area (Å²) in [6, 6.07) is 4.50. The Morgan fingerprint density at radius 1 is 1.18 bits per heavy atom. The maximum Gasteiger partial charge on any atom is 0.416 e. The van der Waals surface area contributed by atoms with Gasteiger partial charge in [-0.25, -0.2) is 0 Å². The number of halogens is 3. The summed E-state index contributed by atoms with van der Waals surface area (Å²) in [7, 11) is 0. The summed E-state index contributed by atoms with van der Waals surface area (Å²) in [5.41, 5.74) is -0.736. The minimum atomic E-state index is -4.37. The molecule has 1 fully saturated rings. The Morgan fingerprint density at radius 3 is 2.32 bits per heavy atom. The van der Waals surface area contributed by atoms with E-state index in [0.29, 0.717) is 5.92 Å². The van der Waals surface area contributed by atoms with Gasteiger partial charge in [0.25, 0.3) is 5.91 Å². The maximum absolute atomic E-state index is 12.4. The predicted molar refractivity (Wildman–Crippen MR) is 76.5 cm³/mol. The number of nitrogens with one attached hydrogen (secondary N) is 1. The number of alkyl halides is 3. The third kappa shape index (κ3) is 4.93. The normalized spacial score (nSPS) is 22.2. The van der Waals surface area contributed by atoms with Crippen molar-refractivity contribution in [1.29, 1.82) is 0 Å². The summed E-state index contributed by atoms with van der Waals surface area (Å²) in [6.45, 7) is 2.02. The first-order valence-electron chi connectivity index (χ1n) is 7.44. The molecule has 0 unspecified atom stereocenters. The fourth-order valence-electron chi connectivity index (χ4n) is 2.56. The van der Waals surface area contributed by atoms with Crippen LogP contribution in [-0.4, -0.2) is 18.6 Å². The Kier molecular flexibility index (Phi) is 5.32. The number of amides is 1. The van der Waals surface area contributed by atoms with Gasteiger partial charge in [0, 0.05) is 6.04 Å². The van der Waals surface area contributed by atoms with Crippen LogP contribution < -0.4 is 10.1 Å². The van der Waals surface area contributed by atoms with Crippen molar-refractivity contribution < 1.29 is 22.7 Å². The monoisotopic (exact) mass is 315 g/mol. The highest BCUT2D eigenvalue weighted by molar-refractivity contribution is 5.77. The molecule has 0 saturated heterocycles. The molecule has 0 aromatic heterocycles. The second-order valence-electron chi connectivity index (χ2n) is 5.84.